The molecule has 0 fully saturated rings. The van der Waals surface area contributed by atoms with E-state index in [4.69, 9.17) is 5.26 Å². The second kappa shape index (κ2) is 4.17. The van der Waals surface area contributed by atoms with E-state index in [0.29, 0.717) is 5.69 Å². The SMILES string of the molecule is Cn1nc(C(O)C#N)cc1-c1ccccc1. The van der Waals surface area contributed by atoms with E-state index in [9.17, 15) is 5.11 Å². The lowest BCUT2D eigenvalue weighted by Crippen LogP contribution is -1.97. The van der Waals surface area contributed by atoms with Gasteiger partial charge in [0, 0.05) is 7.05 Å². The summed E-state index contributed by atoms with van der Waals surface area (Å²) in [5.41, 5.74) is 2.27. The molecule has 2 rings (SSSR count). The summed E-state index contributed by atoms with van der Waals surface area (Å²) >= 11 is 0. The van der Waals surface area contributed by atoms with E-state index >= 15 is 0 Å². The fraction of sp³-hybridized carbons (Fsp3) is 0.167. The van der Waals surface area contributed by atoms with Gasteiger partial charge in [0.2, 0.25) is 0 Å². The Morgan fingerprint density at radius 1 is 1.38 bits per heavy atom. The third kappa shape index (κ3) is 1.81. The van der Waals surface area contributed by atoms with Gasteiger partial charge in [-0.15, -0.1) is 0 Å². The van der Waals surface area contributed by atoms with Gasteiger partial charge in [0.25, 0.3) is 0 Å². The van der Waals surface area contributed by atoms with Gasteiger partial charge in [0.05, 0.1) is 5.69 Å². The Kier molecular flexibility index (Phi) is 2.71. The molecule has 0 aliphatic rings. The second-order valence-electron chi connectivity index (χ2n) is 3.48. The van der Waals surface area contributed by atoms with Gasteiger partial charge in [0.1, 0.15) is 11.8 Å². The summed E-state index contributed by atoms with van der Waals surface area (Å²) in [4.78, 5) is 0. The van der Waals surface area contributed by atoms with Crippen LogP contribution in [0.25, 0.3) is 11.3 Å². The average Bonchev–Trinajstić information content (AvgIpc) is 2.71. The number of rotatable bonds is 2. The molecule has 0 aliphatic carbocycles. The lowest BCUT2D eigenvalue weighted by Gasteiger charge is -1.99. The molecule has 2 aromatic rings. The van der Waals surface area contributed by atoms with E-state index in [1.165, 1.54) is 0 Å². The van der Waals surface area contributed by atoms with E-state index in [1.54, 1.807) is 23.9 Å². The molecule has 1 heterocycles. The second-order valence-corrected chi connectivity index (χ2v) is 3.48. The molecule has 1 N–H and O–H groups in total. The summed E-state index contributed by atoms with van der Waals surface area (Å²) in [6.07, 6.45) is -1.16. The number of aryl methyl sites for hydroxylation is 1. The zero-order chi connectivity index (χ0) is 11.5. The topological polar surface area (TPSA) is 61.8 Å². The van der Waals surface area contributed by atoms with Crippen LogP contribution in [-0.4, -0.2) is 14.9 Å². The standard InChI is InChI=1S/C12H11N3O/c1-15-11(9-5-3-2-4-6-9)7-10(14-15)12(16)8-13/h2-7,12,16H,1H3. The van der Waals surface area contributed by atoms with Gasteiger partial charge < -0.3 is 5.11 Å². The molecule has 0 aliphatic heterocycles. The molecule has 0 amide bonds. The van der Waals surface area contributed by atoms with Crippen molar-refractivity contribution in [3.63, 3.8) is 0 Å². The largest absolute Gasteiger partial charge is 0.373 e. The van der Waals surface area contributed by atoms with E-state index in [-0.39, 0.29) is 0 Å². The van der Waals surface area contributed by atoms with Crippen molar-refractivity contribution >= 4 is 0 Å². The Balaban J connectivity index is 2.45. The van der Waals surface area contributed by atoms with Crippen LogP contribution in [0.5, 0.6) is 0 Å². The zero-order valence-corrected chi connectivity index (χ0v) is 8.83. The Morgan fingerprint density at radius 2 is 2.06 bits per heavy atom. The first-order valence-corrected chi connectivity index (χ1v) is 4.89. The van der Waals surface area contributed by atoms with Crippen molar-refractivity contribution in [2.24, 2.45) is 7.05 Å². The van der Waals surface area contributed by atoms with E-state index < -0.39 is 6.10 Å². The maximum atomic E-state index is 9.38. The van der Waals surface area contributed by atoms with Crippen molar-refractivity contribution < 1.29 is 5.11 Å². The number of benzene rings is 1. The third-order valence-electron chi connectivity index (χ3n) is 2.37. The van der Waals surface area contributed by atoms with Crippen molar-refractivity contribution in [2.45, 2.75) is 6.10 Å². The van der Waals surface area contributed by atoms with Crippen molar-refractivity contribution in [3.8, 4) is 17.3 Å². The number of aliphatic hydroxyl groups excluding tert-OH is 1. The molecule has 1 aromatic carbocycles. The predicted molar refractivity (Wildman–Crippen MR) is 59.2 cm³/mol. The first kappa shape index (κ1) is 10.4. The molecule has 16 heavy (non-hydrogen) atoms. The van der Waals surface area contributed by atoms with Crippen molar-refractivity contribution in [1.82, 2.24) is 9.78 Å². The van der Waals surface area contributed by atoms with Crippen LogP contribution in [0.2, 0.25) is 0 Å². The highest BCUT2D eigenvalue weighted by Gasteiger charge is 2.13. The van der Waals surface area contributed by atoms with Crippen LogP contribution in [0.1, 0.15) is 11.8 Å². The number of aliphatic hydroxyl groups is 1. The summed E-state index contributed by atoms with van der Waals surface area (Å²) in [5.74, 6) is 0. The van der Waals surface area contributed by atoms with Gasteiger partial charge in [-0.1, -0.05) is 30.3 Å². The quantitative estimate of drug-likeness (QED) is 0.771. The lowest BCUT2D eigenvalue weighted by molar-refractivity contribution is 0.230. The van der Waals surface area contributed by atoms with Crippen LogP contribution in [-0.2, 0) is 7.05 Å². The molecule has 0 saturated carbocycles. The summed E-state index contributed by atoms with van der Waals surface area (Å²) < 4.78 is 1.66. The van der Waals surface area contributed by atoms with Gasteiger partial charge >= 0.3 is 0 Å². The Labute approximate surface area is 93.4 Å². The van der Waals surface area contributed by atoms with Crippen LogP contribution in [0.3, 0.4) is 0 Å². The van der Waals surface area contributed by atoms with Crippen molar-refractivity contribution in [1.29, 1.82) is 5.26 Å². The maximum absolute atomic E-state index is 9.38. The first-order chi connectivity index (χ1) is 7.72. The van der Waals surface area contributed by atoms with Gasteiger partial charge in [0.15, 0.2) is 6.10 Å². The maximum Gasteiger partial charge on any atom is 0.184 e. The molecule has 0 radical (unpaired) electrons. The minimum absolute atomic E-state index is 0.379. The van der Waals surface area contributed by atoms with Gasteiger partial charge in [-0.3, -0.25) is 4.68 Å². The molecule has 4 nitrogen and oxygen atoms in total. The molecule has 80 valence electrons. The van der Waals surface area contributed by atoms with Crippen LogP contribution < -0.4 is 0 Å². The van der Waals surface area contributed by atoms with Crippen LogP contribution >= 0.6 is 0 Å². The van der Waals surface area contributed by atoms with E-state index in [2.05, 4.69) is 5.10 Å². The zero-order valence-electron chi connectivity index (χ0n) is 8.83. The fourth-order valence-electron chi connectivity index (χ4n) is 1.57. The summed E-state index contributed by atoms with van der Waals surface area (Å²) in [5, 5.41) is 22.1. The van der Waals surface area contributed by atoms with Crippen LogP contribution in [0.15, 0.2) is 36.4 Å². The fourth-order valence-corrected chi connectivity index (χ4v) is 1.57. The summed E-state index contributed by atoms with van der Waals surface area (Å²) in [6, 6.07) is 13.2. The molecular formula is C12H11N3O. The van der Waals surface area contributed by atoms with Gasteiger partial charge in [-0.05, 0) is 11.6 Å². The molecule has 1 unspecified atom stereocenters. The van der Waals surface area contributed by atoms with Crippen molar-refractivity contribution in [3.05, 3.63) is 42.1 Å². The van der Waals surface area contributed by atoms with Crippen LogP contribution in [0.4, 0.5) is 0 Å². The van der Waals surface area contributed by atoms with E-state index in [0.717, 1.165) is 11.3 Å². The normalized spacial score (nSPS) is 12.1. The molecular weight excluding hydrogens is 202 g/mol. The van der Waals surface area contributed by atoms with Crippen LogP contribution in [0, 0.1) is 11.3 Å². The highest BCUT2D eigenvalue weighted by Crippen LogP contribution is 2.21. The molecule has 4 heteroatoms. The highest BCUT2D eigenvalue weighted by molar-refractivity contribution is 5.59. The lowest BCUT2D eigenvalue weighted by atomic mass is 10.1. The Hall–Kier alpha value is -2.12. The number of nitriles is 1. The minimum Gasteiger partial charge on any atom is -0.373 e. The molecule has 0 spiro atoms. The Morgan fingerprint density at radius 3 is 2.69 bits per heavy atom. The monoisotopic (exact) mass is 213 g/mol. The minimum atomic E-state index is -1.16. The number of aromatic nitrogens is 2. The molecule has 0 saturated heterocycles. The van der Waals surface area contributed by atoms with Gasteiger partial charge in [-0.25, -0.2) is 0 Å². The van der Waals surface area contributed by atoms with Crippen molar-refractivity contribution in [2.75, 3.05) is 0 Å². The molecule has 0 bridgehead atoms. The molecule has 1 atom stereocenters. The van der Waals surface area contributed by atoms with E-state index in [1.807, 2.05) is 30.3 Å². The smallest absolute Gasteiger partial charge is 0.184 e. The Bertz CT molecular complexity index is 525. The number of nitrogens with zero attached hydrogens (tertiary/aromatic N) is 3. The molecule has 1 aromatic heterocycles. The summed E-state index contributed by atoms with van der Waals surface area (Å²) in [6.45, 7) is 0. The number of hydrogen-bond donors (Lipinski definition) is 1. The average molecular weight is 213 g/mol. The summed E-state index contributed by atoms with van der Waals surface area (Å²) in [7, 11) is 1.79. The third-order valence-corrected chi connectivity index (χ3v) is 2.37. The van der Waals surface area contributed by atoms with Gasteiger partial charge in [-0.2, -0.15) is 10.4 Å². The number of hydrogen-bond acceptors (Lipinski definition) is 3. The highest BCUT2D eigenvalue weighted by atomic mass is 16.3. The first-order valence-electron chi connectivity index (χ1n) is 4.89. The predicted octanol–water partition coefficient (Wildman–Crippen LogP) is 1.64.